The van der Waals surface area contributed by atoms with Gasteiger partial charge in [-0.25, -0.2) is 24.4 Å². The van der Waals surface area contributed by atoms with Gasteiger partial charge in [-0.1, -0.05) is 60.8 Å². The molecule has 0 saturated carbocycles. The Balaban J connectivity index is 0.725. The fourth-order valence-electron chi connectivity index (χ4n) is 8.06. The quantitative estimate of drug-likeness (QED) is 0.0301. The van der Waals surface area contributed by atoms with Crippen LogP contribution in [-0.2, 0) is 41.6 Å². The second kappa shape index (κ2) is 27.4. The Kier molecular flexibility index (Phi) is 20.5. The number of nitrogens with zero attached hydrogens (tertiary/aromatic N) is 8. The van der Waals surface area contributed by atoms with Gasteiger partial charge in [0.05, 0.1) is 73.8 Å². The van der Waals surface area contributed by atoms with Crippen LogP contribution in [0.4, 0.5) is 17.5 Å². The summed E-state index contributed by atoms with van der Waals surface area (Å²) in [5.74, 6) is -1.76. The molecule has 9 N–H and O–H groups in total. The number of nitrogen functional groups attached to an aromatic ring is 2. The third-order valence-corrected chi connectivity index (χ3v) is 12.9. The monoisotopic (exact) mass is 1160 g/mol. The number of fused-ring (bicyclic) bond motifs is 2. The minimum Gasteiger partial charge on any atom is -0.480 e. The molecule has 0 bridgehead atoms. The molecule has 80 heavy (non-hydrogen) atoms. The molecule has 3 amide bonds. The number of aliphatic carboxylic acids is 1. The highest BCUT2D eigenvalue weighted by Crippen LogP contribution is 2.35. The SMILES string of the molecule is CC(C)c1nn(-c2c(Cl)cc(Cl)cc2Cl)c2nc(Cc3ccc(OC(C)(C)C(=O)NCCOCCOCCOCCNC(=O)CC[C@@H](NC(=O)c4ccc(N(C)Cc5cnc6nc(N)nc(N)c6n5)cc4)C(=O)O)cc3)[nH]c(=O)c12. The highest BCUT2D eigenvalue weighted by atomic mass is 35.5. The highest BCUT2D eigenvalue weighted by molar-refractivity contribution is 6.40. The zero-order chi connectivity index (χ0) is 57.7. The molecule has 0 aliphatic heterocycles. The first-order valence-electron chi connectivity index (χ1n) is 25.3. The third-order valence-electron chi connectivity index (χ3n) is 12.1. The molecule has 3 aromatic carbocycles. The van der Waals surface area contributed by atoms with Crippen molar-refractivity contribution in [3.05, 3.63) is 121 Å². The van der Waals surface area contributed by atoms with Crippen LogP contribution in [-0.4, -0.2) is 140 Å². The van der Waals surface area contributed by atoms with Crippen LogP contribution in [0.3, 0.4) is 0 Å². The second-order valence-electron chi connectivity index (χ2n) is 19.1. The summed E-state index contributed by atoms with van der Waals surface area (Å²) < 4.78 is 24.2. The topological polar surface area (TPSA) is 332 Å². The van der Waals surface area contributed by atoms with Crippen LogP contribution >= 0.6 is 34.8 Å². The smallest absolute Gasteiger partial charge is 0.326 e. The molecule has 24 nitrogen and oxygen atoms in total. The number of hydrogen-bond acceptors (Lipinski definition) is 18. The largest absolute Gasteiger partial charge is 0.480 e. The maximum Gasteiger partial charge on any atom is 0.326 e. The van der Waals surface area contributed by atoms with E-state index < -0.39 is 29.4 Å². The number of amides is 3. The minimum atomic E-state index is -1.30. The lowest BCUT2D eigenvalue weighted by molar-refractivity contribution is -0.139. The molecule has 4 aromatic heterocycles. The van der Waals surface area contributed by atoms with Crippen molar-refractivity contribution >= 4 is 98.1 Å². The van der Waals surface area contributed by atoms with E-state index in [4.69, 9.17) is 75.3 Å². The standard InChI is InChI=1S/C53H61Cl3N14O10/c1-29(2)42-41-47(70(68-42)44-36(55)25-32(54)26-37(44)56)64-39(65-49(41)73)24-30-6-12-35(13-7-30)80-53(3,4)51(76)60-17-19-78-21-23-79-22-20-77-18-16-59-40(71)15-14-38(50(74)75)63-48(72)31-8-10-34(11-9-31)69(5)28-33-27-61-46-43(62-33)45(57)66-52(58)67-46/h6-13,25-27,29,38H,14-24,28H2,1-5H3,(H,59,71)(H,60,76)(H,63,72)(H,74,75)(H,64,65,73)(H4,57,58,61,66,67)/t38-/m1/s1. The number of carbonyl (C=O) groups is 4. The lowest BCUT2D eigenvalue weighted by Crippen LogP contribution is -2.47. The molecule has 7 rings (SSSR count). The number of halogens is 3. The number of benzene rings is 3. The predicted molar refractivity (Wildman–Crippen MR) is 302 cm³/mol. The molecule has 0 saturated heterocycles. The summed E-state index contributed by atoms with van der Waals surface area (Å²) in [7, 11) is 1.82. The van der Waals surface area contributed by atoms with Gasteiger partial charge in [-0.3, -0.25) is 19.2 Å². The van der Waals surface area contributed by atoms with Gasteiger partial charge < -0.3 is 61.4 Å². The van der Waals surface area contributed by atoms with Crippen LogP contribution in [0.15, 0.2) is 71.7 Å². The van der Waals surface area contributed by atoms with E-state index in [2.05, 4.69) is 40.9 Å². The number of H-pyrrole nitrogens is 1. The number of ether oxygens (including phenoxy) is 4. The molecule has 0 fully saturated rings. The van der Waals surface area contributed by atoms with Gasteiger partial charge in [-0.2, -0.15) is 15.1 Å². The van der Waals surface area contributed by atoms with Gasteiger partial charge in [0.15, 0.2) is 28.2 Å². The van der Waals surface area contributed by atoms with Crippen LogP contribution in [0, 0.1) is 0 Å². The van der Waals surface area contributed by atoms with Crippen molar-refractivity contribution in [2.24, 2.45) is 0 Å². The summed E-state index contributed by atoms with van der Waals surface area (Å²) in [6.45, 7) is 9.45. The zero-order valence-electron chi connectivity index (χ0n) is 44.5. The summed E-state index contributed by atoms with van der Waals surface area (Å²) in [5, 5.41) is 23.6. The number of rotatable bonds is 28. The van der Waals surface area contributed by atoms with Crippen molar-refractivity contribution in [3.63, 3.8) is 0 Å². The van der Waals surface area contributed by atoms with Gasteiger partial charge in [0, 0.05) is 49.3 Å². The Hall–Kier alpha value is -7.74. The first kappa shape index (κ1) is 59.9. The molecule has 4 heterocycles. The number of nitrogens with one attached hydrogen (secondary N) is 4. The van der Waals surface area contributed by atoms with E-state index in [0.717, 1.165) is 11.3 Å². The Morgan fingerprint density at radius 1 is 0.850 bits per heavy atom. The van der Waals surface area contributed by atoms with Gasteiger partial charge >= 0.3 is 5.97 Å². The number of carboxylic acids is 1. The summed E-state index contributed by atoms with van der Waals surface area (Å²) >= 11 is 19.3. The Morgan fingerprint density at radius 2 is 1.49 bits per heavy atom. The van der Waals surface area contributed by atoms with E-state index in [1.165, 1.54) is 4.68 Å². The average Bonchev–Trinajstić information content (AvgIpc) is 3.89. The molecule has 0 radical (unpaired) electrons. The van der Waals surface area contributed by atoms with E-state index in [-0.39, 0.29) is 122 Å². The molecule has 0 aliphatic rings. The second-order valence-corrected chi connectivity index (χ2v) is 20.3. The molecule has 7 aromatic rings. The van der Waals surface area contributed by atoms with E-state index in [0.29, 0.717) is 56.8 Å². The Bertz CT molecular complexity index is 3380. The first-order chi connectivity index (χ1) is 38.2. The number of anilines is 3. The number of nitrogens with two attached hydrogens (primary N) is 2. The van der Waals surface area contributed by atoms with E-state index in [1.807, 2.05) is 37.9 Å². The first-order valence-corrected chi connectivity index (χ1v) is 26.4. The number of carboxylic acid groups (broad SMARTS) is 1. The highest BCUT2D eigenvalue weighted by Gasteiger charge is 2.30. The molecular weight excluding hydrogens is 1100 g/mol. The van der Waals surface area contributed by atoms with Crippen molar-refractivity contribution in [2.45, 2.75) is 71.1 Å². The number of hydrogen-bond donors (Lipinski definition) is 7. The van der Waals surface area contributed by atoms with Gasteiger partial charge in [-0.05, 0) is 80.3 Å². The molecule has 424 valence electrons. The van der Waals surface area contributed by atoms with E-state index in [9.17, 15) is 29.1 Å². The van der Waals surface area contributed by atoms with Gasteiger partial charge in [0.1, 0.15) is 28.7 Å². The molecule has 0 unspecified atom stereocenters. The molecule has 0 aliphatic carbocycles. The fourth-order valence-corrected chi connectivity index (χ4v) is 9.04. The summed E-state index contributed by atoms with van der Waals surface area (Å²) in [5.41, 5.74) is 14.2. The zero-order valence-corrected chi connectivity index (χ0v) is 46.7. The van der Waals surface area contributed by atoms with Crippen LogP contribution in [0.2, 0.25) is 15.1 Å². The molecule has 0 spiro atoms. The Labute approximate surface area is 474 Å². The lowest BCUT2D eigenvalue weighted by Gasteiger charge is -2.25. The number of carbonyl (C=O) groups excluding carboxylic acids is 3. The van der Waals surface area contributed by atoms with Gasteiger partial charge in [0.2, 0.25) is 11.9 Å². The molecular formula is C53H61Cl3N14O10. The normalized spacial score (nSPS) is 12.0. The minimum absolute atomic E-state index is 0.000667. The van der Waals surface area contributed by atoms with Crippen LogP contribution in [0.1, 0.15) is 79.6 Å². The van der Waals surface area contributed by atoms with Crippen molar-refractivity contribution in [1.82, 2.24) is 55.6 Å². The van der Waals surface area contributed by atoms with Gasteiger partial charge in [-0.15, -0.1) is 0 Å². The van der Waals surface area contributed by atoms with Gasteiger partial charge in [0.25, 0.3) is 17.4 Å². The number of aromatic nitrogens is 8. The molecule has 1 atom stereocenters. The van der Waals surface area contributed by atoms with Crippen molar-refractivity contribution in [2.75, 3.05) is 76.1 Å². The summed E-state index contributed by atoms with van der Waals surface area (Å²) in [6, 6.07) is 15.4. The number of aromatic amines is 1. The average molecular weight is 1160 g/mol. The fraction of sp³-hybridized carbons (Fsp3) is 0.377. The summed E-state index contributed by atoms with van der Waals surface area (Å²) in [6.07, 6.45) is 1.55. The van der Waals surface area contributed by atoms with Crippen LogP contribution in [0.5, 0.6) is 5.75 Å². The lowest BCUT2D eigenvalue weighted by atomic mass is 10.1. The van der Waals surface area contributed by atoms with E-state index >= 15 is 0 Å². The maximum atomic E-state index is 13.5. The van der Waals surface area contributed by atoms with Crippen LogP contribution in [0.25, 0.3) is 27.9 Å². The van der Waals surface area contributed by atoms with Crippen molar-refractivity contribution in [1.29, 1.82) is 0 Å². The van der Waals surface area contributed by atoms with Crippen LogP contribution < -0.4 is 42.6 Å². The summed E-state index contributed by atoms with van der Waals surface area (Å²) in [4.78, 5) is 90.2. The van der Waals surface area contributed by atoms with Crippen molar-refractivity contribution in [3.8, 4) is 11.4 Å². The Morgan fingerprint density at radius 3 is 2.12 bits per heavy atom. The predicted octanol–water partition coefficient (Wildman–Crippen LogP) is 5.42. The van der Waals surface area contributed by atoms with E-state index in [1.54, 1.807) is 68.6 Å². The maximum absolute atomic E-state index is 13.5. The molecule has 27 heteroatoms. The van der Waals surface area contributed by atoms with Crippen molar-refractivity contribution < 1.29 is 43.2 Å². The third kappa shape index (κ3) is 16.0.